The number of carbonyl (C=O) groups is 1. The van der Waals surface area contributed by atoms with Gasteiger partial charge in [-0.2, -0.15) is 5.26 Å². The minimum atomic E-state index is 0.130. The molecule has 0 saturated heterocycles. The molecule has 4 heteroatoms. The summed E-state index contributed by atoms with van der Waals surface area (Å²) in [7, 11) is 0. The van der Waals surface area contributed by atoms with Crippen LogP contribution in [0.2, 0.25) is 0 Å². The molecule has 0 aliphatic rings. The van der Waals surface area contributed by atoms with E-state index in [1.165, 1.54) is 0 Å². The van der Waals surface area contributed by atoms with E-state index in [0.717, 1.165) is 12.8 Å². The molecule has 0 aromatic carbocycles. The summed E-state index contributed by atoms with van der Waals surface area (Å²) in [6.45, 7) is 4.47. The van der Waals surface area contributed by atoms with Crippen LogP contribution in [0.5, 0.6) is 0 Å². The highest BCUT2D eigenvalue weighted by Gasteiger charge is 2.15. The van der Waals surface area contributed by atoms with E-state index in [0.29, 0.717) is 25.3 Å². The molecule has 1 amide bonds. The van der Waals surface area contributed by atoms with Gasteiger partial charge >= 0.3 is 0 Å². The molecular formula is C11H19ClN2O. The maximum absolute atomic E-state index is 11.7. The molecule has 0 heterocycles. The van der Waals surface area contributed by atoms with Gasteiger partial charge in [-0.25, -0.2) is 0 Å². The van der Waals surface area contributed by atoms with Crippen LogP contribution in [0.3, 0.4) is 0 Å². The van der Waals surface area contributed by atoms with Crippen LogP contribution in [0, 0.1) is 11.3 Å². The number of rotatable bonds is 7. The average molecular weight is 231 g/mol. The minimum Gasteiger partial charge on any atom is -0.339 e. The van der Waals surface area contributed by atoms with Crippen molar-refractivity contribution in [2.24, 2.45) is 0 Å². The molecule has 0 saturated carbocycles. The fourth-order valence-electron chi connectivity index (χ4n) is 1.36. The predicted molar refractivity (Wildman–Crippen MR) is 61.7 cm³/mol. The summed E-state index contributed by atoms with van der Waals surface area (Å²) >= 11 is 5.54. The second-order valence-corrected chi connectivity index (χ2v) is 4.11. The van der Waals surface area contributed by atoms with E-state index in [9.17, 15) is 4.79 Å². The standard InChI is InChI=1S/C11H19ClN2O/c1-10(2)14(9-5-8-13)11(15)6-3-4-7-12/h10H,3-7,9H2,1-2H3. The molecule has 86 valence electrons. The molecule has 0 radical (unpaired) electrons. The fraction of sp³-hybridized carbons (Fsp3) is 0.818. The third-order valence-corrected chi connectivity index (χ3v) is 2.45. The SMILES string of the molecule is CC(C)N(CCC#N)C(=O)CCCCCl. The zero-order chi connectivity index (χ0) is 11.7. The largest absolute Gasteiger partial charge is 0.339 e. The lowest BCUT2D eigenvalue weighted by atomic mass is 10.2. The normalized spacial score (nSPS) is 10.1. The smallest absolute Gasteiger partial charge is 0.222 e. The summed E-state index contributed by atoms with van der Waals surface area (Å²) in [6.07, 6.45) is 2.64. The second kappa shape index (κ2) is 8.55. The van der Waals surface area contributed by atoms with Gasteiger partial charge in [-0.05, 0) is 26.7 Å². The van der Waals surface area contributed by atoms with Crippen molar-refractivity contribution in [3.8, 4) is 6.07 Å². The number of hydrogen-bond acceptors (Lipinski definition) is 2. The first-order valence-electron chi connectivity index (χ1n) is 5.35. The molecule has 0 aromatic rings. The third kappa shape index (κ3) is 6.35. The molecule has 0 N–H and O–H groups in total. The quantitative estimate of drug-likeness (QED) is 0.498. The van der Waals surface area contributed by atoms with Crippen molar-refractivity contribution in [1.29, 1.82) is 5.26 Å². The Morgan fingerprint density at radius 1 is 1.47 bits per heavy atom. The van der Waals surface area contributed by atoms with Gasteiger partial charge in [-0.15, -0.1) is 11.6 Å². The summed E-state index contributed by atoms with van der Waals surface area (Å²) < 4.78 is 0. The van der Waals surface area contributed by atoms with Gasteiger partial charge in [0.15, 0.2) is 0 Å². The van der Waals surface area contributed by atoms with E-state index >= 15 is 0 Å². The molecule has 3 nitrogen and oxygen atoms in total. The van der Waals surface area contributed by atoms with Crippen LogP contribution < -0.4 is 0 Å². The van der Waals surface area contributed by atoms with Crippen molar-refractivity contribution < 1.29 is 4.79 Å². The Labute approximate surface area is 97.0 Å². The van der Waals surface area contributed by atoms with Crippen LogP contribution in [0.25, 0.3) is 0 Å². The van der Waals surface area contributed by atoms with Crippen LogP contribution in [-0.2, 0) is 4.79 Å². The van der Waals surface area contributed by atoms with E-state index in [1.54, 1.807) is 4.90 Å². The molecule has 15 heavy (non-hydrogen) atoms. The molecule has 0 aliphatic carbocycles. The number of alkyl halides is 1. The van der Waals surface area contributed by atoms with Crippen molar-refractivity contribution in [2.45, 2.75) is 45.6 Å². The first-order chi connectivity index (χ1) is 7.13. The van der Waals surface area contributed by atoms with Crippen LogP contribution in [0.4, 0.5) is 0 Å². The lowest BCUT2D eigenvalue weighted by Gasteiger charge is -2.25. The van der Waals surface area contributed by atoms with Crippen molar-refractivity contribution in [3.63, 3.8) is 0 Å². The molecule has 0 atom stereocenters. The Morgan fingerprint density at radius 2 is 2.13 bits per heavy atom. The Hall–Kier alpha value is -0.750. The zero-order valence-electron chi connectivity index (χ0n) is 9.50. The van der Waals surface area contributed by atoms with E-state index in [2.05, 4.69) is 6.07 Å². The zero-order valence-corrected chi connectivity index (χ0v) is 10.3. The topological polar surface area (TPSA) is 44.1 Å². The van der Waals surface area contributed by atoms with Crippen molar-refractivity contribution >= 4 is 17.5 Å². The number of nitriles is 1. The molecule has 0 aromatic heterocycles. The van der Waals surface area contributed by atoms with Gasteiger partial charge in [0.2, 0.25) is 5.91 Å². The molecule has 0 fully saturated rings. The highest BCUT2D eigenvalue weighted by molar-refractivity contribution is 6.17. The lowest BCUT2D eigenvalue weighted by molar-refractivity contribution is -0.132. The molecule has 0 spiro atoms. The van der Waals surface area contributed by atoms with E-state index < -0.39 is 0 Å². The summed E-state index contributed by atoms with van der Waals surface area (Å²) in [4.78, 5) is 13.5. The second-order valence-electron chi connectivity index (χ2n) is 3.74. The monoisotopic (exact) mass is 230 g/mol. The van der Waals surface area contributed by atoms with Crippen LogP contribution >= 0.6 is 11.6 Å². The van der Waals surface area contributed by atoms with Crippen LogP contribution in [-0.4, -0.2) is 29.3 Å². The van der Waals surface area contributed by atoms with Crippen LogP contribution in [0.15, 0.2) is 0 Å². The number of unbranched alkanes of at least 4 members (excludes halogenated alkanes) is 1. The first kappa shape index (κ1) is 14.2. The molecular weight excluding hydrogens is 212 g/mol. The Morgan fingerprint density at radius 3 is 2.60 bits per heavy atom. The highest BCUT2D eigenvalue weighted by Crippen LogP contribution is 2.06. The van der Waals surface area contributed by atoms with Gasteiger partial charge in [0.1, 0.15) is 0 Å². The Bertz CT molecular complexity index is 223. The number of carbonyl (C=O) groups excluding carboxylic acids is 1. The first-order valence-corrected chi connectivity index (χ1v) is 5.89. The van der Waals surface area contributed by atoms with Gasteiger partial charge in [-0.3, -0.25) is 4.79 Å². The lowest BCUT2D eigenvalue weighted by Crippen LogP contribution is -2.37. The fourth-order valence-corrected chi connectivity index (χ4v) is 1.54. The highest BCUT2D eigenvalue weighted by atomic mass is 35.5. The number of hydrogen-bond donors (Lipinski definition) is 0. The summed E-state index contributed by atoms with van der Waals surface area (Å²) in [5.41, 5.74) is 0. The van der Waals surface area contributed by atoms with E-state index in [-0.39, 0.29) is 11.9 Å². The van der Waals surface area contributed by atoms with Gasteiger partial charge in [0, 0.05) is 24.9 Å². The summed E-state index contributed by atoms with van der Waals surface area (Å²) in [6, 6.07) is 2.23. The van der Waals surface area contributed by atoms with Crippen molar-refractivity contribution in [2.75, 3.05) is 12.4 Å². The minimum absolute atomic E-state index is 0.130. The summed E-state index contributed by atoms with van der Waals surface area (Å²) in [5, 5.41) is 8.49. The maximum atomic E-state index is 11.7. The van der Waals surface area contributed by atoms with Crippen molar-refractivity contribution in [1.82, 2.24) is 4.90 Å². The van der Waals surface area contributed by atoms with Crippen molar-refractivity contribution in [3.05, 3.63) is 0 Å². The third-order valence-electron chi connectivity index (χ3n) is 2.18. The number of amides is 1. The molecule has 0 bridgehead atoms. The van der Waals surface area contributed by atoms with Crippen LogP contribution in [0.1, 0.15) is 39.5 Å². The van der Waals surface area contributed by atoms with E-state index in [4.69, 9.17) is 16.9 Å². The van der Waals surface area contributed by atoms with E-state index in [1.807, 2.05) is 13.8 Å². The van der Waals surface area contributed by atoms with Gasteiger partial charge in [-0.1, -0.05) is 0 Å². The Balaban J connectivity index is 4.00. The Kier molecular flexibility index (Phi) is 8.12. The predicted octanol–water partition coefficient (Wildman–Crippen LogP) is 2.55. The number of nitrogens with zero attached hydrogens (tertiary/aromatic N) is 2. The average Bonchev–Trinajstić information content (AvgIpc) is 2.18. The maximum Gasteiger partial charge on any atom is 0.222 e. The van der Waals surface area contributed by atoms with Gasteiger partial charge in [0.05, 0.1) is 12.5 Å². The van der Waals surface area contributed by atoms with Gasteiger partial charge < -0.3 is 4.90 Å². The number of halogens is 1. The molecule has 0 aliphatic heterocycles. The van der Waals surface area contributed by atoms with Gasteiger partial charge in [0.25, 0.3) is 0 Å². The molecule has 0 rings (SSSR count). The summed E-state index contributed by atoms with van der Waals surface area (Å²) in [5.74, 6) is 0.734. The molecule has 0 unspecified atom stereocenters.